The highest BCUT2D eigenvalue weighted by atomic mass is 16.5. The lowest BCUT2D eigenvalue weighted by molar-refractivity contribution is 0.180. The normalized spacial score (nSPS) is 16.1. The van der Waals surface area contributed by atoms with Crippen molar-refractivity contribution >= 4 is 0 Å². The Kier molecular flexibility index (Phi) is 4.50. The Morgan fingerprint density at radius 2 is 2.28 bits per heavy atom. The van der Waals surface area contributed by atoms with Crippen molar-refractivity contribution in [1.82, 2.24) is 10.2 Å². The van der Waals surface area contributed by atoms with Crippen molar-refractivity contribution < 1.29 is 19.3 Å². The Hall–Kier alpha value is -3.18. The topological polar surface area (TPSA) is 126 Å². The first kappa shape index (κ1) is 16.7. The van der Waals surface area contributed by atoms with Crippen molar-refractivity contribution in [2.45, 2.75) is 19.4 Å². The molecule has 8 nitrogen and oxygen atoms in total. The van der Waals surface area contributed by atoms with Crippen LogP contribution in [0, 0.1) is 11.3 Å². The molecule has 25 heavy (non-hydrogen) atoms. The number of rotatable bonds is 5. The molecule has 0 radical (unpaired) electrons. The molecule has 1 atom stereocenters. The summed E-state index contributed by atoms with van der Waals surface area (Å²) in [5.41, 5.74) is 8.27. The second kappa shape index (κ2) is 6.75. The monoisotopic (exact) mass is 342 g/mol. The lowest BCUT2D eigenvalue weighted by Crippen LogP contribution is -2.21. The molecule has 1 aliphatic heterocycles. The van der Waals surface area contributed by atoms with Crippen LogP contribution in [0.2, 0.25) is 0 Å². The number of benzene rings is 1. The molecule has 2 aromatic rings. The van der Waals surface area contributed by atoms with E-state index in [-0.39, 0.29) is 23.8 Å². The highest BCUT2D eigenvalue weighted by Gasteiger charge is 2.35. The summed E-state index contributed by atoms with van der Waals surface area (Å²) in [6.45, 7) is 2.50. The van der Waals surface area contributed by atoms with Gasteiger partial charge in [-0.25, -0.2) is 0 Å². The van der Waals surface area contributed by atoms with E-state index in [0.29, 0.717) is 29.5 Å². The molecule has 1 aromatic heterocycles. The van der Waals surface area contributed by atoms with E-state index < -0.39 is 5.92 Å². The summed E-state index contributed by atoms with van der Waals surface area (Å²) in [6, 6.07) is 7.04. The number of phenols is 1. The van der Waals surface area contributed by atoms with Crippen molar-refractivity contribution in [1.29, 1.82) is 5.26 Å². The minimum atomic E-state index is -0.502. The second-order valence-corrected chi connectivity index (χ2v) is 5.44. The molecule has 0 bridgehead atoms. The third kappa shape index (κ3) is 2.86. The van der Waals surface area contributed by atoms with E-state index in [9.17, 15) is 10.4 Å². The fourth-order valence-electron chi connectivity index (χ4n) is 2.88. The Morgan fingerprint density at radius 3 is 2.96 bits per heavy atom. The number of methoxy groups -OCH3 is 1. The molecule has 0 amide bonds. The molecule has 130 valence electrons. The first-order chi connectivity index (χ1) is 12.1. The maximum absolute atomic E-state index is 9.94. The molecule has 2 heterocycles. The second-order valence-electron chi connectivity index (χ2n) is 5.44. The first-order valence-electron chi connectivity index (χ1n) is 7.70. The van der Waals surface area contributed by atoms with Crippen LogP contribution in [-0.2, 0) is 11.3 Å². The van der Waals surface area contributed by atoms with Gasteiger partial charge in [0.25, 0.3) is 0 Å². The predicted molar refractivity (Wildman–Crippen MR) is 87.9 cm³/mol. The van der Waals surface area contributed by atoms with Gasteiger partial charge in [-0.15, -0.1) is 5.10 Å². The van der Waals surface area contributed by atoms with Gasteiger partial charge in [0, 0.05) is 7.11 Å². The number of phenolic OH excluding ortho intramolecular Hbond substituents is 1. The number of allylic oxidation sites excluding steroid dienone is 1. The molecule has 0 saturated heterocycles. The molecule has 1 aliphatic rings. The molecular formula is C17H18N4O4. The molecule has 0 unspecified atom stereocenters. The largest absolute Gasteiger partial charge is 0.504 e. The first-order valence-corrected chi connectivity index (χ1v) is 7.70. The van der Waals surface area contributed by atoms with Gasteiger partial charge in [-0.2, -0.15) is 5.26 Å². The molecule has 8 heteroatoms. The van der Waals surface area contributed by atoms with Crippen LogP contribution >= 0.6 is 0 Å². The number of aromatic hydroxyl groups is 1. The SMILES string of the molecule is CCOc1cc([C@@H]2C(C#N)=C(N)Oc3n[nH]c(COC)c32)ccc1O. The average molecular weight is 342 g/mol. The van der Waals surface area contributed by atoms with Crippen molar-refractivity contribution in [3.05, 3.63) is 46.5 Å². The molecule has 0 saturated carbocycles. The summed E-state index contributed by atoms with van der Waals surface area (Å²) < 4.78 is 16.1. The molecule has 0 spiro atoms. The Balaban J connectivity index is 2.18. The van der Waals surface area contributed by atoms with Gasteiger partial charge in [-0.1, -0.05) is 6.07 Å². The van der Waals surface area contributed by atoms with Crippen LogP contribution < -0.4 is 15.2 Å². The highest BCUT2D eigenvalue weighted by Crippen LogP contribution is 2.44. The van der Waals surface area contributed by atoms with E-state index in [1.807, 2.05) is 6.92 Å². The standard InChI is InChI=1S/C17H18N4O4/c1-3-24-13-6-9(4-5-12(13)22)14-10(7-18)16(19)25-17-15(14)11(8-23-2)20-21-17/h4-6,14,22H,3,8,19H2,1-2H3,(H,20,21)/t14-/m1/s1. The number of aromatic nitrogens is 2. The number of hydrogen-bond donors (Lipinski definition) is 3. The van der Waals surface area contributed by atoms with Crippen LogP contribution in [-0.4, -0.2) is 29.0 Å². The summed E-state index contributed by atoms with van der Waals surface area (Å²) in [5, 5.41) is 26.5. The van der Waals surface area contributed by atoms with Gasteiger partial charge in [0.05, 0.1) is 30.4 Å². The van der Waals surface area contributed by atoms with Crippen molar-refractivity contribution in [3.8, 4) is 23.4 Å². The van der Waals surface area contributed by atoms with E-state index in [2.05, 4.69) is 16.3 Å². The van der Waals surface area contributed by atoms with Gasteiger partial charge in [-0.3, -0.25) is 5.10 Å². The number of nitrogens with one attached hydrogen (secondary N) is 1. The molecular weight excluding hydrogens is 324 g/mol. The summed E-state index contributed by atoms with van der Waals surface area (Å²) >= 11 is 0. The minimum absolute atomic E-state index is 0.00139. The molecule has 3 rings (SSSR count). The molecule has 0 aliphatic carbocycles. The smallest absolute Gasteiger partial charge is 0.244 e. The maximum atomic E-state index is 9.94. The quantitative estimate of drug-likeness (QED) is 0.757. The van der Waals surface area contributed by atoms with Crippen molar-refractivity contribution in [2.24, 2.45) is 5.73 Å². The lowest BCUT2D eigenvalue weighted by atomic mass is 9.84. The number of nitrogens with two attached hydrogens (primary N) is 1. The van der Waals surface area contributed by atoms with Gasteiger partial charge in [-0.05, 0) is 24.6 Å². The lowest BCUT2D eigenvalue weighted by Gasteiger charge is -2.24. The average Bonchev–Trinajstić information content (AvgIpc) is 2.98. The fraction of sp³-hybridized carbons (Fsp3) is 0.294. The zero-order valence-electron chi connectivity index (χ0n) is 13.9. The summed E-state index contributed by atoms with van der Waals surface area (Å²) in [4.78, 5) is 0. The number of nitrogens with zero attached hydrogens (tertiary/aromatic N) is 2. The number of aromatic amines is 1. The number of ether oxygens (including phenoxy) is 3. The third-order valence-corrected chi connectivity index (χ3v) is 3.92. The van der Waals surface area contributed by atoms with E-state index in [1.54, 1.807) is 19.2 Å². The fourth-order valence-corrected chi connectivity index (χ4v) is 2.88. The molecule has 0 fully saturated rings. The van der Waals surface area contributed by atoms with Gasteiger partial charge in [0.15, 0.2) is 11.5 Å². The highest BCUT2D eigenvalue weighted by molar-refractivity contribution is 5.57. The summed E-state index contributed by atoms with van der Waals surface area (Å²) in [5.74, 6) is 0.164. The van der Waals surface area contributed by atoms with E-state index in [0.717, 1.165) is 5.56 Å². The van der Waals surface area contributed by atoms with Gasteiger partial charge in [0.2, 0.25) is 11.8 Å². The van der Waals surface area contributed by atoms with Gasteiger partial charge < -0.3 is 25.1 Å². The van der Waals surface area contributed by atoms with Crippen LogP contribution in [0.25, 0.3) is 0 Å². The number of fused-ring (bicyclic) bond motifs is 1. The van der Waals surface area contributed by atoms with Crippen LogP contribution in [0.4, 0.5) is 0 Å². The van der Waals surface area contributed by atoms with Crippen LogP contribution in [0.1, 0.15) is 29.7 Å². The number of hydrogen-bond acceptors (Lipinski definition) is 7. The zero-order chi connectivity index (χ0) is 18.0. The van der Waals surface area contributed by atoms with E-state index in [1.165, 1.54) is 6.07 Å². The van der Waals surface area contributed by atoms with Crippen LogP contribution in [0.3, 0.4) is 0 Å². The van der Waals surface area contributed by atoms with Crippen LogP contribution in [0.15, 0.2) is 29.7 Å². The van der Waals surface area contributed by atoms with Gasteiger partial charge in [0.1, 0.15) is 11.6 Å². The number of H-pyrrole nitrogens is 1. The Bertz CT molecular complexity index is 866. The third-order valence-electron chi connectivity index (χ3n) is 3.92. The van der Waals surface area contributed by atoms with Crippen molar-refractivity contribution in [2.75, 3.05) is 13.7 Å². The van der Waals surface area contributed by atoms with Gasteiger partial charge >= 0.3 is 0 Å². The maximum Gasteiger partial charge on any atom is 0.244 e. The Morgan fingerprint density at radius 1 is 1.48 bits per heavy atom. The van der Waals surface area contributed by atoms with E-state index in [4.69, 9.17) is 19.9 Å². The minimum Gasteiger partial charge on any atom is -0.504 e. The molecule has 1 aromatic carbocycles. The zero-order valence-corrected chi connectivity index (χ0v) is 13.9. The van der Waals surface area contributed by atoms with Crippen molar-refractivity contribution in [3.63, 3.8) is 0 Å². The molecule has 4 N–H and O–H groups in total. The Labute approximate surface area is 144 Å². The number of nitriles is 1. The predicted octanol–water partition coefficient (Wildman–Crippen LogP) is 1.88. The van der Waals surface area contributed by atoms with E-state index >= 15 is 0 Å². The van der Waals surface area contributed by atoms with Crippen LogP contribution in [0.5, 0.6) is 17.4 Å². The summed E-state index contributed by atoms with van der Waals surface area (Å²) in [7, 11) is 1.56. The summed E-state index contributed by atoms with van der Waals surface area (Å²) in [6.07, 6.45) is 0.